The minimum Gasteiger partial charge on any atom is -0.324 e. The highest BCUT2D eigenvalue weighted by molar-refractivity contribution is 9.10. The van der Waals surface area contributed by atoms with Gasteiger partial charge in [-0.05, 0) is 45.7 Å². The van der Waals surface area contributed by atoms with E-state index < -0.39 is 5.82 Å². The van der Waals surface area contributed by atoms with Crippen molar-refractivity contribution in [1.82, 2.24) is 24.5 Å². The van der Waals surface area contributed by atoms with Gasteiger partial charge in [-0.25, -0.2) is 9.37 Å². The molecule has 0 spiro atoms. The number of anilines is 2. The Kier molecular flexibility index (Phi) is 3.80. The zero-order valence-corrected chi connectivity index (χ0v) is 12.7. The number of aromatic nitrogens is 5. The Balaban J connectivity index is 1.93. The molecule has 0 atom stereocenters. The molecule has 0 saturated heterocycles. The summed E-state index contributed by atoms with van der Waals surface area (Å²) in [5, 5.41) is 2.90. The summed E-state index contributed by atoms with van der Waals surface area (Å²) in [6, 6.07) is 4.58. The van der Waals surface area contributed by atoms with E-state index in [4.69, 9.17) is 11.6 Å². The maximum absolute atomic E-state index is 13.5. The van der Waals surface area contributed by atoms with E-state index >= 15 is 0 Å². The molecule has 1 N–H and O–H groups in total. The third kappa shape index (κ3) is 3.17. The first kappa shape index (κ1) is 13.9. The Morgan fingerprint density at radius 2 is 2.10 bits per heavy atom. The molecule has 0 aliphatic carbocycles. The second-order valence-corrected chi connectivity index (χ2v) is 5.14. The lowest BCUT2D eigenvalue weighted by Gasteiger charge is -2.07. The number of hydrogen-bond acceptors (Lipinski definition) is 5. The van der Waals surface area contributed by atoms with Crippen LogP contribution in [0.2, 0.25) is 5.28 Å². The van der Waals surface area contributed by atoms with E-state index in [2.05, 4.69) is 41.2 Å². The van der Waals surface area contributed by atoms with Gasteiger partial charge in [-0.15, -0.1) is 0 Å². The summed E-state index contributed by atoms with van der Waals surface area (Å²) in [6.45, 7) is 0. The van der Waals surface area contributed by atoms with Gasteiger partial charge in [0.05, 0.1) is 4.47 Å². The van der Waals surface area contributed by atoms with Crippen LogP contribution in [0.4, 0.5) is 16.0 Å². The normalized spacial score (nSPS) is 10.6. The lowest BCUT2D eigenvalue weighted by atomic mass is 10.3. The van der Waals surface area contributed by atoms with Crippen molar-refractivity contribution in [2.45, 2.75) is 0 Å². The highest BCUT2D eigenvalue weighted by Gasteiger charge is 2.08. The number of nitrogens with zero attached hydrogens (tertiary/aromatic N) is 5. The summed E-state index contributed by atoms with van der Waals surface area (Å²) >= 11 is 8.96. The fourth-order valence-corrected chi connectivity index (χ4v) is 1.99. The van der Waals surface area contributed by atoms with Gasteiger partial charge in [0.2, 0.25) is 17.2 Å². The van der Waals surface area contributed by atoms with Gasteiger partial charge >= 0.3 is 0 Å². The summed E-state index contributed by atoms with van der Waals surface area (Å²) < 4.78 is 15.4. The highest BCUT2D eigenvalue weighted by Crippen LogP contribution is 2.21. The van der Waals surface area contributed by atoms with E-state index in [0.717, 1.165) is 0 Å². The molecule has 0 aliphatic rings. The van der Waals surface area contributed by atoms with Gasteiger partial charge in [0.15, 0.2) is 0 Å². The van der Waals surface area contributed by atoms with E-state index in [0.29, 0.717) is 16.1 Å². The van der Waals surface area contributed by atoms with E-state index in [1.807, 2.05) is 0 Å². The minimum atomic E-state index is -0.394. The first-order valence-corrected chi connectivity index (χ1v) is 6.91. The molecule has 9 heteroatoms. The second kappa shape index (κ2) is 5.74. The van der Waals surface area contributed by atoms with Crippen molar-refractivity contribution in [3.63, 3.8) is 0 Å². The Bertz CT molecular complexity index is 779. The van der Waals surface area contributed by atoms with Crippen LogP contribution in [-0.2, 0) is 0 Å². The van der Waals surface area contributed by atoms with Crippen LogP contribution in [0.15, 0.2) is 41.4 Å². The quantitative estimate of drug-likeness (QED) is 0.767. The van der Waals surface area contributed by atoms with Crippen molar-refractivity contribution >= 4 is 39.2 Å². The fraction of sp³-hybridized carbons (Fsp3) is 0. The van der Waals surface area contributed by atoms with Crippen LogP contribution >= 0.6 is 27.5 Å². The lowest BCUT2D eigenvalue weighted by Crippen LogP contribution is -2.05. The van der Waals surface area contributed by atoms with Gasteiger partial charge in [0.25, 0.3) is 0 Å². The molecule has 0 unspecified atom stereocenters. The molecule has 21 heavy (non-hydrogen) atoms. The molecule has 0 saturated carbocycles. The first-order chi connectivity index (χ1) is 10.1. The van der Waals surface area contributed by atoms with Crippen LogP contribution in [0.1, 0.15) is 0 Å². The fourth-order valence-electron chi connectivity index (χ4n) is 1.59. The van der Waals surface area contributed by atoms with Gasteiger partial charge in [0, 0.05) is 18.1 Å². The summed E-state index contributed by atoms with van der Waals surface area (Å²) in [5.41, 5.74) is 0.495. The van der Waals surface area contributed by atoms with Gasteiger partial charge < -0.3 is 5.32 Å². The molecule has 0 aliphatic heterocycles. The van der Waals surface area contributed by atoms with E-state index in [1.165, 1.54) is 12.4 Å². The summed E-state index contributed by atoms with van der Waals surface area (Å²) in [6.07, 6.45) is 4.80. The van der Waals surface area contributed by atoms with Gasteiger partial charge in [-0.1, -0.05) is 0 Å². The summed E-state index contributed by atoms with van der Waals surface area (Å²) in [5.74, 6) is 0.128. The third-order valence-electron chi connectivity index (χ3n) is 2.51. The summed E-state index contributed by atoms with van der Waals surface area (Å²) in [4.78, 5) is 16.1. The van der Waals surface area contributed by atoms with Crippen LogP contribution in [0, 0.1) is 5.82 Å². The average Bonchev–Trinajstić information content (AvgIpc) is 2.96. The molecular formula is C12H7BrClFN6. The third-order valence-corrected chi connectivity index (χ3v) is 3.32. The number of halogens is 3. The Morgan fingerprint density at radius 3 is 2.81 bits per heavy atom. The van der Waals surface area contributed by atoms with Crippen LogP contribution in [0.5, 0.6) is 0 Å². The maximum atomic E-state index is 13.5. The van der Waals surface area contributed by atoms with Crippen LogP contribution in [0.25, 0.3) is 5.95 Å². The Hall–Kier alpha value is -2.06. The molecule has 106 valence electrons. The highest BCUT2D eigenvalue weighted by atomic mass is 79.9. The van der Waals surface area contributed by atoms with E-state index in [-0.39, 0.29) is 11.2 Å². The smallest absolute Gasteiger partial charge is 0.241 e. The molecule has 1 aromatic carbocycles. The zero-order chi connectivity index (χ0) is 14.8. The molecule has 0 fully saturated rings. The number of imidazole rings is 1. The first-order valence-electron chi connectivity index (χ1n) is 5.74. The lowest BCUT2D eigenvalue weighted by molar-refractivity contribution is 0.622. The Labute approximate surface area is 132 Å². The molecule has 3 rings (SSSR count). The maximum Gasteiger partial charge on any atom is 0.241 e. The summed E-state index contributed by atoms with van der Waals surface area (Å²) in [7, 11) is 0. The van der Waals surface area contributed by atoms with Crippen LogP contribution < -0.4 is 5.32 Å². The average molecular weight is 370 g/mol. The largest absolute Gasteiger partial charge is 0.324 e. The van der Waals surface area contributed by atoms with Gasteiger partial charge in [0.1, 0.15) is 12.1 Å². The van der Waals surface area contributed by atoms with Crippen molar-refractivity contribution in [3.8, 4) is 5.95 Å². The van der Waals surface area contributed by atoms with Crippen LogP contribution in [-0.4, -0.2) is 24.5 Å². The predicted molar refractivity (Wildman–Crippen MR) is 79.3 cm³/mol. The van der Waals surface area contributed by atoms with Gasteiger partial charge in [-0.2, -0.15) is 15.0 Å². The standard InChI is InChI=1S/C12H7BrClFN6/c13-8-2-1-7(5-9(8)15)17-11-18-10(14)19-12(20-11)21-4-3-16-6-21/h1-6H,(H,17,18,19,20). The zero-order valence-electron chi connectivity index (χ0n) is 10.3. The second-order valence-electron chi connectivity index (χ2n) is 3.95. The molecule has 2 aromatic heterocycles. The molecule has 0 amide bonds. The van der Waals surface area contributed by atoms with Crippen molar-refractivity contribution in [2.24, 2.45) is 0 Å². The molecule has 0 bridgehead atoms. The minimum absolute atomic E-state index is 0.0220. The van der Waals surface area contributed by atoms with Crippen molar-refractivity contribution in [1.29, 1.82) is 0 Å². The van der Waals surface area contributed by atoms with Crippen LogP contribution in [0.3, 0.4) is 0 Å². The van der Waals surface area contributed by atoms with Crippen molar-refractivity contribution in [3.05, 3.63) is 52.5 Å². The predicted octanol–water partition coefficient (Wildman–Crippen LogP) is 3.36. The molecule has 2 heterocycles. The number of hydrogen-bond donors (Lipinski definition) is 1. The molecule has 3 aromatic rings. The topological polar surface area (TPSA) is 68.5 Å². The monoisotopic (exact) mass is 368 g/mol. The van der Waals surface area contributed by atoms with Crippen molar-refractivity contribution in [2.75, 3.05) is 5.32 Å². The molecule has 0 radical (unpaired) electrons. The molecular weight excluding hydrogens is 363 g/mol. The number of benzene rings is 1. The molecule has 6 nitrogen and oxygen atoms in total. The van der Waals surface area contributed by atoms with Crippen molar-refractivity contribution < 1.29 is 4.39 Å². The Morgan fingerprint density at radius 1 is 1.24 bits per heavy atom. The van der Waals surface area contributed by atoms with E-state index in [1.54, 1.807) is 29.1 Å². The van der Waals surface area contributed by atoms with Gasteiger partial charge in [-0.3, -0.25) is 4.57 Å². The number of nitrogens with one attached hydrogen (secondary N) is 1. The SMILES string of the molecule is Fc1cc(Nc2nc(Cl)nc(-n3ccnc3)n2)ccc1Br. The van der Waals surface area contributed by atoms with E-state index in [9.17, 15) is 4.39 Å². The number of rotatable bonds is 3.